The number of alkyl halides is 2. The first-order valence-corrected chi connectivity index (χ1v) is 11.2. The lowest BCUT2D eigenvalue weighted by Gasteiger charge is -2.40. The molecule has 2 N–H and O–H groups in total. The molecule has 1 unspecified atom stereocenters. The third-order valence-corrected chi connectivity index (χ3v) is 6.10. The number of rotatable bonds is 7. The molecular formula is C25H24F4N4O3. The van der Waals surface area contributed by atoms with Gasteiger partial charge in [0.1, 0.15) is 17.4 Å². The molecule has 0 bridgehead atoms. The minimum Gasteiger partial charge on any atom is -0.453 e. The molecule has 2 atom stereocenters. The lowest BCUT2D eigenvalue weighted by Crippen LogP contribution is -2.52. The van der Waals surface area contributed by atoms with Crippen molar-refractivity contribution in [3.05, 3.63) is 77.8 Å². The second-order valence-corrected chi connectivity index (χ2v) is 8.52. The second kappa shape index (κ2) is 10.6. The largest absolute Gasteiger partial charge is 0.453 e. The van der Waals surface area contributed by atoms with E-state index >= 15 is 0 Å². The van der Waals surface area contributed by atoms with Crippen LogP contribution in [-0.4, -0.2) is 50.9 Å². The number of aliphatic hydroxyl groups excluding tert-OH is 1. The molecule has 4 rings (SSSR count). The Kier molecular flexibility index (Phi) is 7.51. The van der Waals surface area contributed by atoms with Gasteiger partial charge in [0, 0.05) is 31.8 Å². The van der Waals surface area contributed by atoms with Crippen molar-refractivity contribution in [2.75, 3.05) is 18.4 Å². The summed E-state index contributed by atoms with van der Waals surface area (Å²) < 4.78 is 61.6. The van der Waals surface area contributed by atoms with Gasteiger partial charge >= 0.3 is 0 Å². The fourth-order valence-electron chi connectivity index (χ4n) is 4.02. The number of ether oxygens (including phenoxy) is 1. The molecular weight excluding hydrogens is 480 g/mol. The number of anilines is 1. The van der Waals surface area contributed by atoms with Gasteiger partial charge in [0.25, 0.3) is 5.92 Å². The first-order chi connectivity index (χ1) is 17.2. The molecule has 0 spiro atoms. The number of aliphatic hydroxyl groups is 1. The van der Waals surface area contributed by atoms with E-state index in [1.807, 2.05) is 0 Å². The van der Waals surface area contributed by atoms with Crippen LogP contribution in [-0.2, 0) is 11.4 Å². The number of hydrogen-bond donors (Lipinski definition) is 2. The smallest absolute Gasteiger partial charge is 0.257 e. The van der Waals surface area contributed by atoms with E-state index in [1.165, 1.54) is 36.7 Å². The summed E-state index contributed by atoms with van der Waals surface area (Å²) in [6, 6.07) is 8.03. The van der Waals surface area contributed by atoms with E-state index < -0.39 is 41.8 Å². The lowest BCUT2D eigenvalue weighted by molar-refractivity contribution is -0.125. The molecule has 0 saturated carbocycles. The van der Waals surface area contributed by atoms with E-state index in [2.05, 4.69) is 15.3 Å². The molecule has 3 aromatic rings. The van der Waals surface area contributed by atoms with Gasteiger partial charge in [0.15, 0.2) is 11.6 Å². The minimum absolute atomic E-state index is 0.0272. The number of nitrogens with one attached hydrogen (secondary N) is 1. The van der Waals surface area contributed by atoms with E-state index in [1.54, 1.807) is 11.8 Å². The van der Waals surface area contributed by atoms with Crippen molar-refractivity contribution in [3.8, 4) is 11.5 Å². The molecule has 36 heavy (non-hydrogen) atoms. The number of amides is 1. The number of aromatic nitrogens is 2. The van der Waals surface area contributed by atoms with Crippen molar-refractivity contribution >= 4 is 11.7 Å². The quantitative estimate of drug-likeness (QED) is 0.461. The number of hydrogen-bond acceptors (Lipinski definition) is 6. The number of nitrogens with zero attached hydrogens (tertiary/aromatic N) is 3. The molecule has 11 heteroatoms. The van der Waals surface area contributed by atoms with Crippen LogP contribution in [0.4, 0.5) is 23.4 Å². The topological polar surface area (TPSA) is 87.6 Å². The van der Waals surface area contributed by atoms with E-state index in [0.29, 0.717) is 17.3 Å². The molecule has 3 heterocycles. The SMILES string of the molecule is CC(C(=O)Nc1ccc(Oc2ccc(F)cc2F)cn1)N1CCC(F)(F)[C@@H](c2ccnc(CO)c2)C1. The van der Waals surface area contributed by atoms with Crippen LogP contribution in [0.25, 0.3) is 0 Å². The van der Waals surface area contributed by atoms with Crippen molar-refractivity contribution < 1.29 is 32.2 Å². The Labute approximate surface area is 204 Å². The highest BCUT2D eigenvalue weighted by Crippen LogP contribution is 2.41. The van der Waals surface area contributed by atoms with Gasteiger partial charge in [-0.2, -0.15) is 0 Å². The van der Waals surface area contributed by atoms with E-state index in [9.17, 15) is 27.5 Å². The van der Waals surface area contributed by atoms with Gasteiger partial charge < -0.3 is 15.2 Å². The van der Waals surface area contributed by atoms with Gasteiger partial charge in [-0.1, -0.05) is 0 Å². The molecule has 0 radical (unpaired) electrons. The van der Waals surface area contributed by atoms with Crippen LogP contribution in [0.1, 0.15) is 30.5 Å². The van der Waals surface area contributed by atoms with Crippen molar-refractivity contribution in [3.63, 3.8) is 0 Å². The zero-order chi connectivity index (χ0) is 25.9. The maximum Gasteiger partial charge on any atom is 0.257 e. The van der Waals surface area contributed by atoms with Crippen LogP contribution in [0, 0.1) is 11.6 Å². The summed E-state index contributed by atoms with van der Waals surface area (Å²) in [5, 5.41) is 11.9. The first-order valence-electron chi connectivity index (χ1n) is 11.2. The zero-order valence-electron chi connectivity index (χ0n) is 19.3. The van der Waals surface area contributed by atoms with Crippen LogP contribution in [0.15, 0.2) is 54.9 Å². The van der Waals surface area contributed by atoms with Crippen LogP contribution >= 0.6 is 0 Å². The van der Waals surface area contributed by atoms with Crippen LogP contribution in [0.2, 0.25) is 0 Å². The van der Waals surface area contributed by atoms with Crippen LogP contribution in [0.5, 0.6) is 11.5 Å². The van der Waals surface area contributed by atoms with E-state index in [4.69, 9.17) is 4.74 Å². The maximum atomic E-state index is 14.7. The molecule has 190 valence electrons. The number of carbonyl (C=O) groups excluding carboxylic acids is 1. The monoisotopic (exact) mass is 504 g/mol. The number of carbonyl (C=O) groups is 1. The number of pyridine rings is 2. The Morgan fingerprint density at radius 3 is 2.72 bits per heavy atom. The molecule has 1 amide bonds. The highest BCUT2D eigenvalue weighted by atomic mass is 19.3. The standard InChI is InChI=1S/C25H24F4N4O3/c1-15(33-9-7-25(28,29)20(13-33)16-6-8-30-18(10-16)14-34)24(35)32-23-5-3-19(12-31-23)36-22-4-2-17(26)11-21(22)27/h2-6,8,10-12,15,20,34H,7,9,13-14H2,1H3,(H,31,32,35)/t15?,20-/m1/s1. The molecule has 0 aliphatic carbocycles. The summed E-state index contributed by atoms with van der Waals surface area (Å²) in [6.07, 6.45) is 2.23. The third-order valence-electron chi connectivity index (χ3n) is 6.10. The van der Waals surface area contributed by atoms with Gasteiger partial charge in [0.05, 0.1) is 30.5 Å². The summed E-state index contributed by atoms with van der Waals surface area (Å²) >= 11 is 0. The predicted octanol–water partition coefficient (Wildman–Crippen LogP) is 4.49. The summed E-state index contributed by atoms with van der Waals surface area (Å²) in [4.78, 5) is 22.5. The van der Waals surface area contributed by atoms with Gasteiger partial charge in [-0.25, -0.2) is 22.5 Å². The van der Waals surface area contributed by atoms with E-state index in [-0.39, 0.29) is 37.0 Å². The highest BCUT2D eigenvalue weighted by Gasteiger charge is 2.46. The summed E-state index contributed by atoms with van der Waals surface area (Å²) in [5.74, 6) is -5.98. The number of likely N-dealkylation sites (tertiary alicyclic amines) is 1. The fourth-order valence-corrected chi connectivity index (χ4v) is 4.02. The Balaban J connectivity index is 1.40. The summed E-state index contributed by atoms with van der Waals surface area (Å²) in [7, 11) is 0. The molecule has 2 aromatic heterocycles. The highest BCUT2D eigenvalue weighted by molar-refractivity contribution is 5.93. The second-order valence-electron chi connectivity index (χ2n) is 8.52. The van der Waals surface area contributed by atoms with Gasteiger partial charge in [-0.3, -0.25) is 14.7 Å². The van der Waals surface area contributed by atoms with Gasteiger partial charge in [-0.05, 0) is 48.9 Å². The third kappa shape index (κ3) is 5.80. The van der Waals surface area contributed by atoms with E-state index in [0.717, 1.165) is 12.1 Å². The summed E-state index contributed by atoms with van der Waals surface area (Å²) in [5.41, 5.74) is 0.651. The Morgan fingerprint density at radius 1 is 1.22 bits per heavy atom. The fraction of sp³-hybridized carbons (Fsp3) is 0.320. The van der Waals surface area contributed by atoms with Crippen molar-refractivity contribution in [2.45, 2.75) is 37.8 Å². The van der Waals surface area contributed by atoms with Crippen LogP contribution < -0.4 is 10.1 Å². The zero-order valence-corrected chi connectivity index (χ0v) is 19.3. The van der Waals surface area contributed by atoms with Crippen LogP contribution in [0.3, 0.4) is 0 Å². The van der Waals surface area contributed by atoms with Crippen molar-refractivity contribution in [2.24, 2.45) is 0 Å². The van der Waals surface area contributed by atoms with Crippen molar-refractivity contribution in [1.29, 1.82) is 0 Å². The average Bonchev–Trinajstić information content (AvgIpc) is 2.86. The maximum absolute atomic E-state index is 14.7. The Hall–Kier alpha value is -3.57. The van der Waals surface area contributed by atoms with Crippen molar-refractivity contribution in [1.82, 2.24) is 14.9 Å². The first kappa shape index (κ1) is 25.5. The number of halogens is 4. The lowest BCUT2D eigenvalue weighted by atomic mass is 9.86. The molecule has 1 fully saturated rings. The van der Waals surface area contributed by atoms with Gasteiger partial charge in [0.2, 0.25) is 5.91 Å². The molecule has 1 aliphatic rings. The normalized spacial score (nSPS) is 18.4. The average molecular weight is 504 g/mol. The number of benzene rings is 1. The number of piperidine rings is 1. The summed E-state index contributed by atoms with van der Waals surface area (Å²) in [6.45, 7) is 1.24. The Bertz CT molecular complexity index is 1230. The Morgan fingerprint density at radius 2 is 2.03 bits per heavy atom. The molecule has 7 nitrogen and oxygen atoms in total. The van der Waals surface area contributed by atoms with Gasteiger partial charge in [-0.15, -0.1) is 0 Å². The molecule has 1 aromatic carbocycles. The molecule has 1 saturated heterocycles. The minimum atomic E-state index is -2.97. The predicted molar refractivity (Wildman–Crippen MR) is 123 cm³/mol. The molecule has 1 aliphatic heterocycles.